The number of fused-ring (bicyclic) bond motifs is 1. The normalized spacial score (nSPS) is 24.9. The molecule has 1 aliphatic heterocycles. The lowest BCUT2D eigenvalue weighted by Crippen LogP contribution is -2.57. The van der Waals surface area contributed by atoms with E-state index in [9.17, 15) is 4.79 Å². The molecule has 0 N–H and O–H groups in total. The minimum Gasteiger partial charge on any atom is -0.497 e. The highest BCUT2D eigenvalue weighted by molar-refractivity contribution is 5.94. The van der Waals surface area contributed by atoms with Gasteiger partial charge in [-0.2, -0.15) is 0 Å². The molecule has 2 fully saturated rings. The smallest absolute Gasteiger partial charge is 0.254 e. The van der Waals surface area contributed by atoms with E-state index in [1.807, 2.05) is 42.5 Å². The van der Waals surface area contributed by atoms with Crippen molar-refractivity contribution in [1.82, 2.24) is 9.80 Å². The molecule has 4 rings (SSSR count). The van der Waals surface area contributed by atoms with Crippen molar-refractivity contribution in [1.29, 1.82) is 0 Å². The molecule has 2 aromatic rings. The monoisotopic (exact) mass is 460 g/mol. The number of benzene rings is 2. The largest absolute Gasteiger partial charge is 0.497 e. The van der Waals surface area contributed by atoms with Crippen LogP contribution in [0.15, 0.2) is 67.3 Å². The van der Waals surface area contributed by atoms with Gasteiger partial charge in [-0.05, 0) is 73.9 Å². The highest BCUT2D eigenvalue weighted by Gasteiger charge is 2.49. The van der Waals surface area contributed by atoms with Gasteiger partial charge in [-0.15, -0.1) is 6.58 Å². The molecular weight excluding hydrogens is 420 g/mol. The molecule has 3 atom stereocenters. The second kappa shape index (κ2) is 10.8. The highest BCUT2D eigenvalue weighted by Crippen LogP contribution is 2.50. The van der Waals surface area contributed by atoms with Crippen LogP contribution in [0.5, 0.6) is 5.75 Å². The van der Waals surface area contributed by atoms with Crippen LogP contribution >= 0.6 is 0 Å². The van der Waals surface area contributed by atoms with Crippen LogP contribution in [-0.4, -0.2) is 55.0 Å². The van der Waals surface area contributed by atoms with Gasteiger partial charge >= 0.3 is 0 Å². The summed E-state index contributed by atoms with van der Waals surface area (Å²) in [5.41, 5.74) is 2.22. The second-order valence-electron chi connectivity index (χ2n) is 10.5. The molecule has 2 aliphatic rings. The topological polar surface area (TPSA) is 32.8 Å². The van der Waals surface area contributed by atoms with Crippen molar-refractivity contribution in [3.8, 4) is 5.75 Å². The Bertz CT molecular complexity index is 973. The number of amides is 1. The lowest BCUT2D eigenvalue weighted by atomic mass is 9.57. The number of nitrogens with zero attached hydrogens (tertiary/aromatic N) is 2. The third-order valence-corrected chi connectivity index (χ3v) is 7.90. The highest BCUT2D eigenvalue weighted by atomic mass is 16.5. The first-order valence-electron chi connectivity index (χ1n) is 12.8. The Morgan fingerprint density at radius 1 is 1.21 bits per heavy atom. The van der Waals surface area contributed by atoms with E-state index in [0.29, 0.717) is 11.8 Å². The lowest BCUT2D eigenvalue weighted by Gasteiger charge is -2.54. The molecule has 1 saturated heterocycles. The summed E-state index contributed by atoms with van der Waals surface area (Å²) in [4.78, 5) is 18.4. The van der Waals surface area contributed by atoms with Crippen molar-refractivity contribution in [2.45, 2.75) is 51.0 Å². The number of rotatable bonds is 8. The van der Waals surface area contributed by atoms with Gasteiger partial charge in [-0.3, -0.25) is 9.69 Å². The van der Waals surface area contributed by atoms with Gasteiger partial charge < -0.3 is 9.64 Å². The standard InChI is InChI=1S/C30H40N2O2/c1-5-17-31-18-16-30(25-12-9-13-28(19-25)34-4)20-27(15-14-26(30)22-31)32(21-23(2)3)29(33)24-10-7-6-8-11-24/h5-13,19,23,26-27H,1,14-18,20-22H2,2-4H3/t26-,27+,30+/m1/s1. The van der Waals surface area contributed by atoms with Gasteiger partial charge in [-0.1, -0.05) is 50.3 Å². The Hall–Kier alpha value is -2.59. The molecule has 4 nitrogen and oxygen atoms in total. The zero-order valence-electron chi connectivity index (χ0n) is 21.1. The molecule has 34 heavy (non-hydrogen) atoms. The first kappa shape index (κ1) is 24.5. The Morgan fingerprint density at radius 3 is 2.71 bits per heavy atom. The van der Waals surface area contributed by atoms with Crippen molar-refractivity contribution in [3.63, 3.8) is 0 Å². The first-order valence-corrected chi connectivity index (χ1v) is 12.8. The van der Waals surface area contributed by atoms with Crippen LogP contribution in [0.4, 0.5) is 0 Å². The Labute approximate surface area is 205 Å². The first-order chi connectivity index (χ1) is 16.5. The van der Waals surface area contributed by atoms with E-state index in [0.717, 1.165) is 63.2 Å². The fourth-order valence-corrected chi connectivity index (χ4v) is 6.27. The maximum atomic E-state index is 13.7. The van der Waals surface area contributed by atoms with Gasteiger partial charge in [0.25, 0.3) is 5.91 Å². The predicted molar refractivity (Wildman–Crippen MR) is 139 cm³/mol. The van der Waals surface area contributed by atoms with Crippen LogP contribution in [-0.2, 0) is 5.41 Å². The molecule has 0 bridgehead atoms. The van der Waals surface area contributed by atoms with Crippen LogP contribution in [0.25, 0.3) is 0 Å². The molecular formula is C30H40N2O2. The van der Waals surface area contributed by atoms with Crippen molar-refractivity contribution in [3.05, 3.63) is 78.4 Å². The fourth-order valence-electron chi connectivity index (χ4n) is 6.27. The molecule has 0 aromatic heterocycles. The van der Waals surface area contributed by atoms with E-state index in [2.05, 4.69) is 48.4 Å². The van der Waals surface area contributed by atoms with Gasteiger partial charge in [-0.25, -0.2) is 0 Å². The zero-order valence-corrected chi connectivity index (χ0v) is 21.1. The van der Waals surface area contributed by atoms with Gasteiger partial charge in [0, 0.05) is 36.7 Å². The number of piperidine rings is 1. The van der Waals surface area contributed by atoms with Gasteiger partial charge in [0.1, 0.15) is 5.75 Å². The Kier molecular flexibility index (Phi) is 7.77. The number of hydrogen-bond acceptors (Lipinski definition) is 3. The molecule has 2 aromatic carbocycles. The van der Waals surface area contributed by atoms with Gasteiger partial charge in [0.15, 0.2) is 0 Å². The summed E-state index contributed by atoms with van der Waals surface area (Å²) in [5.74, 6) is 2.08. The van der Waals surface area contributed by atoms with E-state index in [1.54, 1.807) is 7.11 Å². The average Bonchev–Trinajstić information content (AvgIpc) is 2.87. The molecule has 0 spiro atoms. The summed E-state index contributed by atoms with van der Waals surface area (Å²) < 4.78 is 5.62. The van der Waals surface area contributed by atoms with Crippen molar-refractivity contribution < 1.29 is 9.53 Å². The van der Waals surface area contributed by atoms with Crippen LogP contribution in [0.2, 0.25) is 0 Å². The molecule has 0 radical (unpaired) electrons. The van der Waals surface area contributed by atoms with E-state index >= 15 is 0 Å². The number of hydrogen-bond donors (Lipinski definition) is 0. The summed E-state index contributed by atoms with van der Waals surface area (Å²) >= 11 is 0. The number of methoxy groups -OCH3 is 1. The number of carbonyl (C=O) groups is 1. The summed E-state index contributed by atoms with van der Waals surface area (Å²) in [6, 6.07) is 18.7. The number of carbonyl (C=O) groups excluding carboxylic acids is 1. The molecule has 1 amide bonds. The molecule has 1 saturated carbocycles. The van der Waals surface area contributed by atoms with Crippen molar-refractivity contribution >= 4 is 5.91 Å². The fraction of sp³-hybridized carbons (Fsp3) is 0.500. The summed E-state index contributed by atoms with van der Waals surface area (Å²) in [6.45, 7) is 12.3. The minimum atomic E-state index is 0.0569. The minimum absolute atomic E-state index is 0.0569. The SMILES string of the molecule is C=CCN1CC[C@@]2(c3cccc(OC)c3)C[C@@H](N(CC(C)C)C(=O)c3ccccc3)CC[C@@H]2C1. The van der Waals surface area contributed by atoms with Crippen LogP contribution < -0.4 is 4.74 Å². The molecule has 4 heteroatoms. The maximum Gasteiger partial charge on any atom is 0.254 e. The molecule has 1 heterocycles. The summed E-state index contributed by atoms with van der Waals surface area (Å²) in [6.07, 6.45) is 6.32. The van der Waals surface area contributed by atoms with E-state index in [1.165, 1.54) is 5.56 Å². The number of ether oxygens (including phenoxy) is 1. The Morgan fingerprint density at radius 2 is 2.00 bits per heavy atom. The maximum absolute atomic E-state index is 13.7. The summed E-state index contributed by atoms with van der Waals surface area (Å²) in [5, 5.41) is 0. The van der Waals surface area contributed by atoms with Crippen molar-refractivity contribution in [2.24, 2.45) is 11.8 Å². The van der Waals surface area contributed by atoms with Crippen LogP contribution in [0, 0.1) is 11.8 Å². The van der Waals surface area contributed by atoms with Crippen LogP contribution in [0.3, 0.4) is 0 Å². The quantitative estimate of drug-likeness (QED) is 0.467. The van der Waals surface area contributed by atoms with E-state index in [4.69, 9.17) is 4.74 Å². The van der Waals surface area contributed by atoms with E-state index in [-0.39, 0.29) is 17.4 Å². The third kappa shape index (κ3) is 5.07. The van der Waals surface area contributed by atoms with Gasteiger partial charge in [0.05, 0.1) is 7.11 Å². The van der Waals surface area contributed by atoms with Gasteiger partial charge in [0.2, 0.25) is 0 Å². The lowest BCUT2D eigenvalue weighted by molar-refractivity contribution is 0.0138. The molecule has 1 aliphatic carbocycles. The second-order valence-corrected chi connectivity index (χ2v) is 10.5. The predicted octanol–water partition coefficient (Wildman–Crippen LogP) is 5.79. The third-order valence-electron chi connectivity index (χ3n) is 7.90. The molecule has 0 unspecified atom stereocenters. The Balaban J connectivity index is 1.69. The average molecular weight is 461 g/mol. The number of likely N-dealkylation sites (tertiary alicyclic amines) is 1. The van der Waals surface area contributed by atoms with E-state index < -0.39 is 0 Å². The molecule has 182 valence electrons. The summed E-state index contributed by atoms with van der Waals surface area (Å²) in [7, 11) is 1.74. The van der Waals surface area contributed by atoms with Crippen molar-refractivity contribution in [2.75, 3.05) is 33.3 Å². The van der Waals surface area contributed by atoms with Crippen LogP contribution in [0.1, 0.15) is 55.5 Å². The zero-order chi connectivity index (χ0) is 24.1.